The molecule has 3 aromatic rings. The first-order chi connectivity index (χ1) is 14.7. The Morgan fingerprint density at radius 3 is 2.60 bits per heavy atom. The molecule has 3 heterocycles. The average molecular weight is 424 g/mol. The molecule has 30 heavy (non-hydrogen) atoms. The number of amides is 1. The quantitative estimate of drug-likeness (QED) is 0.605. The number of carbonyl (C=O) groups excluding carboxylic acids is 1. The molecule has 0 atom stereocenters. The number of piperidine rings is 1. The van der Waals surface area contributed by atoms with Crippen LogP contribution in [0.3, 0.4) is 0 Å². The van der Waals surface area contributed by atoms with Gasteiger partial charge in [0.25, 0.3) is 5.91 Å². The number of nitrogens with one attached hydrogen (secondary N) is 1. The molecule has 0 saturated carbocycles. The Morgan fingerprint density at radius 2 is 1.87 bits per heavy atom. The average Bonchev–Trinajstić information content (AvgIpc) is 3.17. The number of nitrogens with zero attached hydrogens (tertiary/aromatic N) is 3. The third-order valence-electron chi connectivity index (χ3n) is 4.85. The topological polar surface area (TPSA) is 84.1 Å². The molecule has 4 rings (SSSR count). The van der Waals surface area contributed by atoms with Gasteiger partial charge in [-0.05, 0) is 30.9 Å². The highest BCUT2D eigenvalue weighted by atomic mass is 32.1. The molecule has 0 aliphatic carbocycles. The monoisotopic (exact) mass is 423 g/mol. The first-order valence-corrected chi connectivity index (χ1v) is 11.3. The molecule has 158 valence electrons. The van der Waals surface area contributed by atoms with E-state index in [1.54, 1.807) is 12.4 Å². The Kier molecular flexibility index (Phi) is 7.79. The lowest BCUT2D eigenvalue weighted by molar-refractivity contribution is 0.102. The van der Waals surface area contributed by atoms with Gasteiger partial charge in [0.1, 0.15) is 5.00 Å². The van der Waals surface area contributed by atoms with Crippen LogP contribution in [0.1, 0.15) is 54.2 Å². The number of nitrogens with two attached hydrogens (primary N) is 1. The van der Waals surface area contributed by atoms with Crippen LogP contribution in [0.15, 0.2) is 48.8 Å². The van der Waals surface area contributed by atoms with Crippen LogP contribution in [-0.2, 0) is 6.42 Å². The smallest absolute Gasteiger partial charge is 0.277 e. The number of thiazole rings is 1. The summed E-state index contributed by atoms with van der Waals surface area (Å²) in [6, 6.07) is 12.0. The van der Waals surface area contributed by atoms with Crippen molar-refractivity contribution in [3.8, 4) is 0 Å². The predicted octanol–water partition coefficient (Wildman–Crippen LogP) is 4.98. The number of carbonyl (C=O) groups is 1. The van der Waals surface area contributed by atoms with E-state index in [-0.39, 0.29) is 11.6 Å². The van der Waals surface area contributed by atoms with E-state index in [0.29, 0.717) is 17.1 Å². The molecule has 0 spiro atoms. The lowest BCUT2D eigenvalue weighted by Crippen LogP contribution is -2.30. The Bertz CT molecular complexity index is 951. The Balaban J connectivity index is 0.00000124. The van der Waals surface area contributed by atoms with Gasteiger partial charge in [-0.25, -0.2) is 4.98 Å². The number of pyridine rings is 1. The second kappa shape index (κ2) is 10.7. The number of aromatic nitrogens is 2. The minimum atomic E-state index is -0.292. The lowest BCUT2D eigenvalue weighted by Gasteiger charge is -2.30. The van der Waals surface area contributed by atoms with Gasteiger partial charge in [-0.3, -0.25) is 9.78 Å². The van der Waals surface area contributed by atoms with E-state index in [1.807, 2.05) is 50.2 Å². The molecule has 0 unspecified atom stereocenters. The molecule has 1 fully saturated rings. The van der Waals surface area contributed by atoms with Gasteiger partial charge < -0.3 is 16.0 Å². The van der Waals surface area contributed by atoms with Crippen LogP contribution in [0, 0.1) is 0 Å². The van der Waals surface area contributed by atoms with E-state index >= 15 is 0 Å². The second-order valence-corrected chi connectivity index (χ2v) is 7.99. The summed E-state index contributed by atoms with van der Waals surface area (Å²) in [5.41, 5.74) is 9.22. The minimum absolute atomic E-state index is 0.282. The summed E-state index contributed by atoms with van der Waals surface area (Å²) in [4.78, 5) is 23.8. The molecule has 3 N–H and O–H groups in total. The highest BCUT2D eigenvalue weighted by molar-refractivity contribution is 7.16. The molecule has 7 heteroatoms. The Morgan fingerprint density at radius 1 is 1.13 bits per heavy atom. The zero-order valence-electron chi connectivity index (χ0n) is 17.6. The zero-order valence-corrected chi connectivity index (χ0v) is 18.4. The lowest BCUT2D eigenvalue weighted by atomic mass is 10.1. The normalized spacial score (nSPS) is 13.3. The molecule has 1 aromatic carbocycles. The van der Waals surface area contributed by atoms with E-state index in [9.17, 15) is 4.79 Å². The van der Waals surface area contributed by atoms with Crippen LogP contribution >= 0.6 is 11.3 Å². The fourth-order valence-electron chi connectivity index (χ4n) is 3.46. The van der Waals surface area contributed by atoms with Crippen LogP contribution in [0.5, 0.6) is 0 Å². The van der Waals surface area contributed by atoms with Crippen LogP contribution in [-0.4, -0.2) is 29.0 Å². The largest absolute Gasteiger partial charge is 0.389 e. The van der Waals surface area contributed by atoms with Gasteiger partial charge in [-0.1, -0.05) is 44.2 Å². The van der Waals surface area contributed by atoms with Gasteiger partial charge in [0.2, 0.25) is 0 Å². The van der Waals surface area contributed by atoms with Crippen LogP contribution in [0.25, 0.3) is 0 Å². The van der Waals surface area contributed by atoms with Gasteiger partial charge in [0.15, 0.2) is 5.69 Å². The number of hydrogen-bond donors (Lipinski definition) is 2. The van der Waals surface area contributed by atoms with E-state index in [0.717, 1.165) is 42.2 Å². The van der Waals surface area contributed by atoms with Crippen molar-refractivity contribution in [3.05, 3.63) is 65.1 Å². The minimum Gasteiger partial charge on any atom is -0.389 e. The maximum absolute atomic E-state index is 12.8. The third-order valence-corrected chi connectivity index (χ3v) is 5.74. The van der Waals surface area contributed by atoms with Gasteiger partial charge >= 0.3 is 0 Å². The first-order valence-electron chi connectivity index (χ1n) is 10.5. The zero-order chi connectivity index (χ0) is 21.3. The Labute approximate surface area is 182 Å². The van der Waals surface area contributed by atoms with Crippen LogP contribution < -0.4 is 16.0 Å². The van der Waals surface area contributed by atoms with Crippen molar-refractivity contribution in [1.82, 2.24) is 9.97 Å². The van der Waals surface area contributed by atoms with E-state index in [2.05, 4.69) is 20.2 Å². The summed E-state index contributed by atoms with van der Waals surface area (Å²) in [6.45, 7) is 5.99. The molecule has 0 bridgehead atoms. The standard InChI is InChI=1S/C21H23N5OS.C2H6/c22-20-19(25-18(28-20)13-15-7-3-1-4-8-15)21(27)24-16-14-23-10-9-17(16)26-11-5-2-6-12-26;1-2/h1,3-4,7-10,14H,2,5-6,11-13,22H2,(H,24,27);1-2H3. The summed E-state index contributed by atoms with van der Waals surface area (Å²) in [5, 5.41) is 4.23. The fourth-order valence-corrected chi connectivity index (χ4v) is 4.33. The second-order valence-electron chi connectivity index (χ2n) is 6.88. The summed E-state index contributed by atoms with van der Waals surface area (Å²) < 4.78 is 0. The highest BCUT2D eigenvalue weighted by Crippen LogP contribution is 2.29. The number of hydrogen-bond acceptors (Lipinski definition) is 6. The number of benzene rings is 1. The summed E-state index contributed by atoms with van der Waals surface area (Å²) >= 11 is 1.36. The van der Waals surface area contributed by atoms with Crippen molar-refractivity contribution in [2.45, 2.75) is 39.5 Å². The number of nitrogen functional groups attached to an aromatic ring is 1. The molecule has 2 aromatic heterocycles. The van der Waals surface area contributed by atoms with E-state index in [4.69, 9.17) is 5.73 Å². The van der Waals surface area contributed by atoms with Crippen molar-refractivity contribution >= 4 is 33.6 Å². The molecular formula is C23H29N5OS. The highest BCUT2D eigenvalue weighted by Gasteiger charge is 2.20. The van der Waals surface area contributed by atoms with Gasteiger partial charge in [0.05, 0.1) is 22.6 Å². The first kappa shape index (κ1) is 21.8. The molecule has 1 aliphatic rings. The predicted molar refractivity (Wildman–Crippen MR) is 125 cm³/mol. The summed E-state index contributed by atoms with van der Waals surface area (Å²) in [5.74, 6) is -0.292. The van der Waals surface area contributed by atoms with Crippen LogP contribution in [0.2, 0.25) is 0 Å². The van der Waals surface area contributed by atoms with Crippen molar-refractivity contribution in [2.75, 3.05) is 29.0 Å². The maximum Gasteiger partial charge on any atom is 0.277 e. The molecule has 6 nitrogen and oxygen atoms in total. The Hall–Kier alpha value is -2.93. The molecular weight excluding hydrogens is 394 g/mol. The van der Waals surface area contributed by atoms with Gasteiger partial charge in [0, 0.05) is 25.7 Å². The van der Waals surface area contributed by atoms with Crippen molar-refractivity contribution in [1.29, 1.82) is 0 Å². The van der Waals surface area contributed by atoms with E-state index in [1.165, 1.54) is 17.8 Å². The fraction of sp³-hybridized carbons (Fsp3) is 0.348. The third kappa shape index (κ3) is 5.36. The number of anilines is 3. The molecule has 1 saturated heterocycles. The molecule has 0 radical (unpaired) electrons. The van der Waals surface area contributed by atoms with Gasteiger partial charge in [-0.2, -0.15) is 0 Å². The van der Waals surface area contributed by atoms with Gasteiger partial charge in [-0.15, -0.1) is 11.3 Å². The number of rotatable bonds is 5. The maximum atomic E-state index is 12.8. The summed E-state index contributed by atoms with van der Waals surface area (Å²) in [6.07, 6.45) is 7.69. The van der Waals surface area contributed by atoms with Crippen LogP contribution in [0.4, 0.5) is 16.4 Å². The van der Waals surface area contributed by atoms with Crippen molar-refractivity contribution < 1.29 is 4.79 Å². The van der Waals surface area contributed by atoms with Crippen molar-refractivity contribution in [3.63, 3.8) is 0 Å². The van der Waals surface area contributed by atoms with E-state index < -0.39 is 0 Å². The summed E-state index contributed by atoms with van der Waals surface area (Å²) in [7, 11) is 0. The molecule has 1 amide bonds. The molecule has 1 aliphatic heterocycles. The van der Waals surface area contributed by atoms with Crippen molar-refractivity contribution in [2.24, 2.45) is 0 Å². The SMILES string of the molecule is CC.Nc1sc(Cc2ccccc2)nc1C(=O)Nc1cnccc1N1CCCCC1.